The predicted molar refractivity (Wildman–Crippen MR) is 87.4 cm³/mol. The number of aryl methyl sites for hydroxylation is 1. The van der Waals surface area contributed by atoms with Gasteiger partial charge in [-0.2, -0.15) is 5.10 Å². The average molecular weight is 329 g/mol. The number of carbonyl (C=O) groups excluding carboxylic acids is 2. The third kappa shape index (κ3) is 5.05. The summed E-state index contributed by atoms with van der Waals surface area (Å²) in [5.74, 6) is -1.08. The smallest absolute Gasteiger partial charge is 0.325 e. The van der Waals surface area contributed by atoms with Gasteiger partial charge in [-0.3, -0.25) is 14.4 Å². The maximum absolute atomic E-state index is 12.0. The molecule has 2 aromatic rings. The molecule has 0 aliphatic heterocycles. The summed E-state index contributed by atoms with van der Waals surface area (Å²) >= 11 is 0. The molecule has 0 saturated carbocycles. The molecule has 0 radical (unpaired) electrons. The monoisotopic (exact) mass is 329 g/mol. The van der Waals surface area contributed by atoms with Crippen molar-refractivity contribution in [2.24, 2.45) is 0 Å². The van der Waals surface area contributed by atoms with E-state index in [2.05, 4.69) is 10.4 Å². The van der Waals surface area contributed by atoms with E-state index in [-0.39, 0.29) is 24.4 Å². The number of amides is 1. The van der Waals surface area contributed by atoms with E-state index in [1.54, 1.807) is 0 Å². The molecule has 0 saturated heterocycles. The van der Waals surface area contributed by atoms with E-state index in [9.17, 15) is 14.4 Å². The largest absolute Gasteiger partial charge is 0.460 e. The second kappa shape index (κ2) is 8.61. The second-order valence-corrected chi connectivity index (χ2v) is 5.11. The summed E-state index contributed by atoms with van der Waals surface area (Å²) in [6.07, 6.45) is 0.726. The van der Waals surface area contributed by atoms with Crippen LogP contribution in [-0.2, 0) is 22.7 Å². The molecular formula is C17H19N3O4. The van der Waals surface area contributed by atoms with Crippen molar-refractivity contribution in [3.63, 3.8) is 0 Å². The average Bonchev–Trinajstić information content (AvgIpc) is 2.61. The topological polar surface area (TPSA) is 90.3 Å². The van der Waals surface area contributed by atoms with Gasteiger partial charge in [-0.1, -0.05) is 37.3 Å². The molecule has 0 fully saturated rings. The number of nitrogens with one attached hydrogen (secondary N) is 1. The fourth-order valence-electron chi connectivity index (χ4n) is 1.97. The Balaban J connectivity index is 1.85. The van der Waals surface area contributed by atoms with Crippen LogP contribution in [0, 0.1) is 0 Å². The summed E-state index contributed by atoms with van der Waals surface area (Å²) in [5, 5.41) is 6.41. The van der Waals surface area contributed by atoms with Crippen LogP contribution in [0.5, 0.6) is 0 Å². The van der Waals surface area contributed by atoms with E-state index in [0.29, 0.717) is 6.54 Å². The number of carbonyl (C=O) groups is 2. The van der Waals surface area contributed by atoms with Crippen molar-refractivity contribution < 1.29 is 14.3 Å². The first-order valence-corrected chi connectivity index (χ1v) is 7.66. The van der Waals surface area contributed by atoms with Crippen LogP contribution in [-0.4, -0.2) is 28.2 Å². The summed E-state index contributed by atoms with van der Waals surface area (Å²) in [5.41, 5.74) is 0.681. The number of aromatic nitrogens is 2. The Bertz CT molecular complexity index is 756. The third-order valence-electron chi connectivity index (χ3n) is 3.17. The zero-order valence-electron chi connectivity index (χ0n) is 13.4. The Morgan fingerprint density at radius 1 is 1.17 bits per heavy atom. The van der Waals surface area contributed by atoms with E-state index in [1.165, 1.54) is 16.8 Å². The van der Waals surface area contributed by atoms with Crippen molar-refractivity contribution in [1.82, 2.24) is 15.1 Å². The summed E-state index contributed by atoms with van der Waals surface area (Å²) in [4.78, 5) is 35.2. The zero-order chi connectivity index (χ0) is 17.4. The van der Waals surface area contributed by atoms with Crippen molar-refractivity contribution in [2.45, 2.75) is 26.5 Å². The molecular weight excluding hydrogens is 310 g/mol. The van der Waals surface area contributed by atoms with Gasteiger partial charge in [0.1, 0.15) is 18.8 Å². The van der Waals surface area contributed by atoms with E-state index in [4.69, 9.17) is 4.74 Å². The first-order valence-electron chi connectivity index (χ1n) is 7.66. The molecule has 1 aromatic heterocycles. The van der Waals surface area contributed by atoms with Crippen LogP contribution in [0.4, 0.5) is 0 Å². The number of ether oxygens (including phenoxy) is 1. The molecule has 24 heavy (non-hydrogen) atoms. The molecule has 1 amide bonds. The molecule has 0 unspecified atom stereocenters. The van der Waals surface area contributed by atoms with Gasteiger partial charge in [0, 0.05) is 12.6 Å². The van der Waals surface area contributed by atoms with Gasteiger partial charge in [0.2, 0.25) is 0 Å². The Labute approximate surface area is 139 Å². The summed E-state index contributed by atoms with van der Waals surface area (Å²) in [7, 11) is 0. The highest BCUT2D eigenvalue weighted by atomic mass is 16.5. The van der Waals surface area contributed by atoms with Gasteiger partial charge in [-0.25, -0.2) is 4.68 Å². The van der Waals surface area contributed by atoms with Gasteiger partial charge >= 0.3 is 5.97 Å². The fourth-order valence-corrected chi connectivity index (χ4v) is 1.97. The number of benzene rings is 1. The molecule has 7 nitrogen and oxygen atoms in total. The number of rotatable bonds is 7. The maximum Gasteiger partial charge on any atom is 0.325 e. The van der Waals surface area contributed by atoms with Gasteiger partial charge in [0.15, 0.2) is 0 Å². The molecule has 1 N–H and O–H groups in total. The third-order valence-corrected chi connectivity index (χ3v) is 3.17. The van der Waals surface area contributed by atoms with Crippen LogP contribution in [0.25, 0.3) is 0 Å². The van der Waals surface area contributed by atoms with Gasteiger partial charge in [-0.05, 0) is 18.1 Å². The molecule has 0 atom stereocenters. The first kappa shape index (κ1) is 17.4. The normalized spacial score (nSPS) is 10.2. The van der Waals surface area contributed by atoms with Crippen molar-refractivity contribution in [3.8, 4) is 0 Å². The molecule has 0 spiro atoms. The van der Waals surface area contributed by atoms with Gasteiger partial charge in [0.05, 0.1) is 0 Å². The number of hydrogen-bond donors (Lipinski definition) is 1. The molecule has 7 heteroatoms. The lowest BCUT2D eigenvalue weighted by molar-refractivity contribution is -0.143. The second-order valence-electron chi connectivity index (χ2n) is 5.11. The number of esters is 1. The van der Waals surface area contributed by atoms with E-state index < -0.39 is 11.9 Å². The molecule has 0 aliphatic carbocycles. The van der Waals surface area contributed by atoms with E-state index in [1.807, 2.05) is 37.3 Å². The first-order chi connectivity index (χ1) is 11.6. The van der Waals surface area contributed by atoms with E-state index >= 15 is 0 Å². The molecule has 1 heterocycles. The summed E-state index contributed by atoms with van der Waals surface area (Å²) < 4.78 is 6.29. The minimum Gasteiger partial charge on any atom is -0.460 e. The molecule has 0 bridgehead atoms. The number of hydrogen-bond acceptors (Lipinski definition) is 5. The van der Waals surface area contributed by atoms with Crippen LogP contribution in [0.1, 0.15) is 29.4 Å². The van der Waals surface area contributed by atoms with Crippen molar-refractivity contribution in [1.29, 1.82) is 0 Å². The molecule has 2 rings (SSSR count). The molecule has 0 aliphatic rings. The lowest BCUT2D eigenvalue weighted by atomic mass is 10.2. The van der Waals surface area contributed by atoms with Gasteiger partial charge < -0.3 is 10.1 Å². The summed E-state index contributed by atoms with van der Waals surface area (Å²) in [6.45, 7) is 2.22. The summed E-state index contributed by atoms with van der Waals surface area (Å²) in [6, 6.07) is 11.9. The lowest BCUT2D eigenvalue weighted by Gasteiger charge is -2.07. The highest BCUT2D eigenvalue weighted by molar-refractivity contribution is 5.93. The minimum absolute atomic E-state index is 0.0823. The van der Waals surface area contributed by atoms with Crippen LogP contribution >= 0.6 is 0 Å². The van der Waals surface area contributed by atoms with Crippen LogP contribution in [0.15, 0.2) is 47.3 Å². The lowest BCUT2D eigenvalue weighted by Crippen LogP contribution is -2.33. The van der Waals surface area contributed by atoms with Gasteiger partial charge in [-0.15, -0.1) is 0 Å². The molecule has 1 aromatic carbocycles. The Hall–Kier alpha value is -2.96. The zero-order valence-corrected chi connectivity index (χ0v) is 13.4. The molecule has 126 valence electrons. The SMILES string of the molecule is CCCn1nc(C(=O)NCC(=O)OCc2ccccc2)ccc1=O. The van der Waals surface area contributed by atoms with Crippen molar-refractivity contribution in [2.75, 3.05) is 6.54 Å². The van der Waals surface area contributed by atoms with Crippen molar-refractivity contribution in [3.05, 3.63) is 64.1 Å². The quantitative estimate of drug-likeness (QED) is 0.769. The maximum atomic E-state index is 12.0. The van der Waals surface area contributed by atoms with E-state index in [0.717, 1.165) is 12.0 Å². The van der Waals surface area contributed by atoms with Crippen LogP contribution in [0.2, 0.25) is 0 Å². The Morgan fingerprint density at radius 3 is 2.62 bits per heavy atom. The minimum atomic E-state index is -0.547. The highest BCUT2D eigenvalue weighted by Crippen LogP contribution is 2.00. The highest BCUT2D eigenvalue weighted by Gasteiger charge is 2.11. The van der Waals surface area contributed by atoms with Gasteiger partial charge in [0.25, 0.3) is 11.5 Å². The predicted octanol–water partition coefficient (Wildman–Crippen LogP) is 1.13. The Kier molecular flexibility index (Phi) is 6.24. The number of nitrogens with zero attached hydrogens (tertiary/aromatic N) is 2. The van der Waals surface area contributed by atoms with Crippen LogP contribution in [0.3, 0.4) is 0 Å². The Morgan fingerprint density at radius 2 is 1.92 bits per heavy atom. The van der Waals surface area contributed by atoms with Crippen LogP contribution < -0.4 is 10.9 Å². The van der Waals surface area contributed by atoms with Crippen molar-refractivity contribution >= 4 is 11.9 Å². The fraction of sp³-hybridized carbons (Fsp3) is 0.294. The standard InChI is InChI=1S/C17H19N3O4/c1-2-10-20-15(21)9-8-14(19-20)17(23)18-11-16(22)24-12-13-6-4-3-5-7-13/h3-9H,2,10-12H2,1H3,(H,18,23).